The fraction of sp³-hybridized carbons (Fsp3) is 0.188. The zero-order valence-corrected chi connectivity index (χ0v) is 11.5. The van der Waals surface area contributed by atoms with Gasteiger partial charge in [-0.15, -0.1) is 0 Å². The number of amides is 1. The van der Waals surface area contributed by atoms with Crippen LogP contribution in [0.1, 0.15) is 17.5 Å². The number of carboxylic acids is 1. The van der Waals surface area contributed by atoms with E-state index in [0.29, 0.717) is 18.5 Å². The van der Waals surface area contributed by atoms with Crippen molar-refractivity contribution in [3.63, 3.8) is 0 Å². The Balaban J connectivity index is 1.88. The predicted molar refractivity (Wildman–Crippen MR) is 79.0 cm³/mol. The fourth-order valence-electron chi connectivity index (χ4n) is 1.90. The van der Waals surface area contributed by atoms with E-state index >= 15 is 0 Å². The SMILES string of the molecule is O=C(O)CCc1ccc(NC(=O)Cc2ccncc2)cc1. The van der Waals surface area contributed by atoms with Crippen LogP contribution in [0.5, 0.6) is 0 Å². The number of anilines is 1. The first-order chi connectivity index (χ1) is 10.1. The molecule has 0 spiro atoms. The molecule has 2 rings (SSSR count). The Hall–Kier alpha value is -2.69. The van der Waals surface area contributed by atoms with Crippen LogP contribution in [0.15, 0.2) is 48.8 Å². The second-order valence-electron chi connectivity index (χ2n) is 4.67. The van der Waals surface area contributed by atoms with E-state index in [9.17, 15) is 9.59 Å². The van der Waals surface area contributed by atoms with Crippen molar-refractivity contribution in [2.24, 2.45) is 0 Å². The lowest BCUT2D eigenvalue weighted by Gasteiger charge is -2.06. The molecule has 1 aromatic carbocycles. The zero-order chi connectivity index (χ0) is 15.1. The smallest absolute Gasteiger partial charge is 0.303 e. The maximum Gasteiger partial charge on any atom is 0.303 e. The summed E-state index contributed by atoms with van der Waals surface area (Å²) in [5.74, 6) is -0.913. The molecule has 21 heavy (non-hydrogen) atoms. The molecule has 0 unspecified atom stereocenters. The summed E-state index contributed by atoms with van der Waals surface area (Å²) in [7, 11) is 0. The van der Waals surface area contributed by atoms with Gasteiger partial charge in [0, 0.05) is 24.5 Å². The van der Waals surface area contributed by atoms with Gasteiger partial charge in [-0.1, -0.05) is 12.1 Å². The van der Waals surface area contributed by atoms with Crippen LogP contribution in [0.3, 0.4) is 0 Å². The number of hydrogen-bond acceptors (Lipinski definition) is 3. The van der Waals surface area contributed by atoms with Gasteiger partial charge in [-0.05, 0) is 41.8 Å². The summed E-state index contributed by atoms with van der Waals surface area (Å²) in [4.78, 5) is 26.3. The Morgan fingerprint density at radius 2 is 1.67 bits per heavy atom. The van der Waals surface area contributed by atoms with Gasteiger partial charge in [-0.25, -0.2) is 0 Å². The summed E-state index contributed by atoms with van der Waals surface area (Å²) in [6.07, 6.45) is 4.19. The van der Waals surface area contributed by atoms with Gasteiger partial charge in [-0.3, -0.25) is 14.6 Å². The van der Waals surface area contributed by atoms with E-state index in [0.717, 1.165) is 11.1 Å². The maximum absolute atomic E-state index is 11.9. The quantitative estimate of drug-likeness (QED) is 0.853. The molecule has 1 heterocycles. The van der Waals surface area contributed by atoms with Gasteiger partial charge in [0.25, 0.3) is 0 Å². The van der Waals surface area contributed by atoms with Gasteiger partial charge >= 0.3 is 5.97 Å². The number of pyridine rings is 1. The van der Waals surface area contributed by atoms with E-state index in [1.807, 2.05) is 12.1 Å². The van der Waals surface area contributed by atoms with Gasteiger partial charge in [0.15, 0.2) is 0 Å². The first-order valence-electron chi connectivity index (χ1n) is 6.63. The highest BCUT2D eigenvalue weighted by Crippen LogP contribution is 2.12. The molecular weight excluding hydrogens is 268 g/mol. The third-order valence-corrected chi connectivity index (χ3v) is 2.98. The number of aryl methyl sites for hydroxylation is 1. The second-order valence-corrected chi connectivity index (χ2v) is 4.67. The van der Waals surface area contributed by atoms with E-state index < -0.39 is 5.97 Å². The number of hydrogen-bond donors (Lipinski definition) is 2. The lowest BCUT2D eigenvalue weighted by Crippen LogP contribution is -2.14. The van der Waals surface area contributed by atoms with Crippen molar-refractivity contribution < 1.29 is 14.7 Å². The van der Waals surface area contributed by atoms with Crippen LogP contribution < -0.4 is 5.32 Å². The van der Waals surface area contributed by atoms with Crippen LogP contribution in [0.2, 0.25) is 0 Å². The molecule has 0 bridgehead atoms. The van der Waals surface area contributed by atoms with E-state index in [1.54, 1.807) is 36.7 Å². The Bertz CT molecular complexity index is 609. The van der Waals surface area contributed by atoms with Crippen molar-refractivity contribution in [1.29, 1.82) is 0 Å². The van der Waals surface area contributed by atoms with E-state index in [-0.39, 0.29) is 12.3 Å². The van der Waals surface area contributed by atoms with Crippen molar-refractivity contribution >= 4 is 17.6 Å². The Morgan fingerprint density at radius 3 is 2.29 bits per heavy atom. The van der Waals surface area contributed by atoms with Crippen LogP contribution in [-0.2, 0) is 22.4 Å². The number of carbonyl (C=O) groups excluding carboxylic acids is 1. The van der Waals surface area contributed by atoms with Crippen molar-refractivity contribution in [3.8, 4) is 0 Å². The average Bonchev–Trinajstić information content (AvgIpc) is 2.47. The molecule has 0 aliphatic carbocycles. The van der Waals surface area contributed by atoms with Crippen LogP contribution in [0.4, 0.5) is 5.69 Å². The largest absolute Gasteiger partial charge is 0.481 e. The number of carboxylic acid groups (broad SMARTS) is 1. The molecule has 0 saturated carbocycles. The Labute approximate surface area is 122 Å². The van der Waals surface area contributed by atoms with E-state index in [1.165, 1.54) is 0 Å². The number of aromatic nitrogens is 1. The summed E-state index contributed by atoms with van der Waals surface area (Å²) in [5.41, 5.74) is 2.54. The number of carbonyl (C=O) groups is 2. The molecule has 0 aliphatic heterocycles. The first-order valence-corrected chi connectivity index (χ1v) is 6.63. The third kappa shape index (κ3) is 5.06. The third-order valence-electron chi connectivity index (χ3n) is 2.98. The second kappa shape index (κ2) is 7.19. The maximum atomic E-state index is 11.9. The first kappa shape index (κ1) is 14.7. The summed E-state index contributed by atoms with van der Waals surface area (Å²) in [6.45, 7) is 0. The average molecular weight is 284 g/mol. The standard InChI is InChI=1S/C16H16N2O3/c19-15(11-13-7-9-17-10-8-13)18-14-4-1-12(2-5-14)3-6-16(20)21/h1-2,4-5,7-10H,3,6,11H2,(H,18,19)(H,20,21). The lowest BCUT2D eigenvalue weighted by atomic mass is 10.1. The zero-order valence-electron chi connectivity index (χ0n) is 11.5. The monoisotopic (exact) mass is 284 g/mol. The summed E-state index contributed by atoms with van der Waals surface area (Å²) in [6, 6.07) is 10.8. The van der Waals surface area contributed by atoms with Gasteiger partial charge < -0.3 is 10.4 Å². The molecule has 2 aromatic rings. The molecule has 0 aliphatic rings. The van der Waals surface area contributed by atoms with Gasteiger partial charge in [-0.2, -0.15) is 0 Å². The number of aliphatic carboxylic acids is 1. The lowest BCUT2D eigenvalue weighted by molar-refractivity contribution is -0.137. The molecule has 0 atom stereocenters. The molecule has 0 saturated heterocycles. The topological polar surface area (TPSA) is 79.3 Å². The van der Waals surface area contributed by atoms with Gasteiger partial charge in [0.05, 0.1) is 6.42 Å². The van der Waals surface area contributed by atoms with Crippen LogP contribution in [0.25, 0.3) is 0 Å². The molecule has 0 fully saturated rings. The molecule has 5 heteroatoms. The minimum atomic E-state index is -0.815. The Morgan fingerprint density at radius 1 is 1.00 bits per heavy atom. The highest BCUT2D eigenvalue weighted by Gasteiger charge is 2.04. The molecule has 108 valence electrons. The van der Waals surface area contributed by atoms with Crippen molar-refractivity contribution in [3.05, 3.63) is 59.9 Å². The highest BCUT2D eigenvalue weighted by molar-refractivity contribution is 5.92. The summed E-state index contributed by atoms with van der Waals surface area (Å²) >= 11 is 0. The molecular formula is C16H16N2O3. The van der Waals surface area contributed by atoms with Crippen molar-refractivity contribution in [2.45, 2.75) is 19.3 Å². The summed E-state index contributed by atoms with van der Waals surface area (Å²) in [5, 5.41) is 11.4. The molecule has 0 radical (unpaired) electrons. The van der Waals surface area contributed by atoms with Crippen LogP contribution >= 0.6 is 0 Å². The minimum absolute atomic E-state index is 0.0977. The van der Waals surface area contributed by atoms with Crippen molar-refractivity contribution in [2.75, 3.05) is 5.32 Å². The highest BCUT2D eigenvalue weighted by atomic mass is 16.4. The molecule has 5 nitrogen and oxygen atoms in total. The normalized spacial score (nSPS) is 10.1. The number of rotatable bonds is 6. The predicted octanol–water partition coefficient (Wildman–Crippen LogP) is 2.28. The van der Waals surface area contributed by atoms with Crippen LogP contribution in [-0.4, -0.2) is 22.0 Å². The minimum Gasteiger partial charge on any atom is -0.481 e. The number of nitrogens with zero attached hydrogens (tertiary/aromatic N) is 1. The number of benzene rings is 1. The number of nitrogens with one attached hydrogen (secondary N) is 1. The molecule has 1 aromatic heterocycles. The van der Waals surface area contributed by atoms with Crippen LogP contribution in [0, 0.1) is 0 Å². The van der Waals surface area contributed by atoms with E-state index in [2.05, 4.69) is 10.3 Å². The van der Waals surface area contributed by atoms with Gasteiger partial charge in [0.2, 0.25) is 5.91 Å². The van der Waals surface area contributed by atoms with E-state index in [4.69, 9.17) is 5.11 Å². The molecule has 1 amide bonds. The van der Waals surface area contributed by atoms with Gasteiger partial charge in [0.1, 0.15) is 0 Å². The van der Waals surface area contributed by atoms with Crippen molar-refractivity contribution in [1.82, 2.24) is 4.98 Å². The Kier molecular flexibility index (Phi) is 5.04. The molecule has 2 N–H and O–H groups in total. The fourth-order valence-corrected chi connectivity index (χ4v) is 1.90. The summed E-state index contributed by atoms with van der Waals surface area (Å²) < 4.78 is 0.